The van der Waals surface area contributed by atoms with Crippen molar-refractivity contribution in [2.24, 2.45) is 5.73 Å². The molecule has 25 heavy (non-hydrogen) atoms. The Morgan fingerprint density at radius 2 is 2.00 bits per heavy atom. The lowest BCUT2D eigenvalue weighted by Gasteiger charge is -2.22. The quantitative estimate of drug-likeness (QED) is 0.736. The molecule has 0 saturated heterocycles. The molecule has 2 aromatic heterocycles. The normalized spacial score (nSPS) is 12.6. The van der Waals surface area contributed by atoms with Gasteiger partial charge in [-0.2, -0.15) is 0 Å². The fourth-order valence-corrected chi connectivity index (χ4v) is 2.16. The Balaban J connectivity index is 2.16. The lowest BCUT2D eigenvalue weighted by molar-refractivity contribution is -0.139. The van der Waals surface area contributed by atoms with Crippen molar-refractivity contribution in [1.29, 1.82) is 0 Å². The third kappa shape index (κ3) is 4.93. The van der Waals surface area contributed by atoms with Crippen LogP contribution >= 0.6 is 0 Å². The fraction of sp³-hybridized carbons (Fsp3) is 0.375. The molecule has 0 aromatic carbocycles. The molecule has 2 rings (SSSR count). The number of pyridine rings is 1. The van der Waals surface area contributed by atoms with E-state index in [1.165, 1.54) is 6.20 Å². The summed E-state index contributed by atoms with van der Waals surface area (Å²) in [6.07, 6.45) is 2.31. The summed E-state index contributed by atoms with van der Waals surface area (Å²) in [5, 5.41) is 11.7. The monoisotopic (exact) mass is 348 g/mol. The van der Waals surface area contributed by atoms with Crippen molar-refractivity contribution >= 4 is 23.6 Å². The molecule has 4 N–H and O–H groups in total. The second kappa shape index (κ2) is 6.80. The third-order valence-corrected chi connectivity index (χ3v) is 3.19. The maximum atomic E-state index is 11.8. The summed E-state index contributed by atoms with van der Waals surface area (Å²) >= 11 is 0. The van der Waals surface area contributed by atoms with Crippen molar-refractivity contribution in [2.75, 3.05) is 0 Å². The highest BCUT2D eigenvalue weighted by atomic mass is 16.6. The number of rotatable bonds is 5. The summed E-state index contributed by atoms with van der Waals surface area (Å²) in [4.78, 5) is 38.4. The lowest BCUT2D eigenvalue weighted by atomic mass is 10.1. The van der Waals surface area contributed by atoms with Gasteiger partial charge < -0.3 is 25.3 Å². The number of ether oxygens (including phenoxy) is 1. The number of carbonyl (C=O) groups excluding carboxylic acids is 2. The summed E-state index contributed by atoms with van der Waals surface area (Å²) in [7, 11) is 0. The maximum Gasteiger partial charge on any atom is 0.408 e. The van der Waals surface area contributed by atoms with Crippen molar-refractivity contribution < 1.29 is 24.2 Å². The van der Waals surface area contributed by atoms with Gasteiger partial charge in [-0.25, -0.2) is 14.6 Å². The Morgan fingerprint density at radius 3 is 2.56 bits per heavy atom. The highest BCUT2D eigenvalue weighted by molar-refractivity contribution is 5.91. The van der Waals surface area contributed by atoms with Crippen LogP contribution in [0, 0.1) is 0 Å². The van der Waals surface area contributed by atoms with Gasteiger partial charge in [0.2, 0.25) is 0 Å². The number of hydrogen-bond acceptors (Lipinski definition) is 5. The van der Waals surface area contributed by atoms with Crippen LogP contribution in [-0.4, -0.2) is 44.1 Å². The zero-order valence-corrected chi connectivity index (χ0v) is 14.1. The van der Waals surface area contributed by atoms with E-state index >= 15 is 0 Å². The highest BCUT2D eigenvalue weighted by Gasteiger charge is 2.24. The number of amides is 2. The molecule has 0 aliphatic rings. The summed E-state index contributed by atoms with van der Waals surface area (Å²) in [5.41, 5.74) is 5.70. The first kappa shape index (κ1) is 18.2. The first-order chi connectivity index (χ1) is 11.5. The smallest absolute Gasteiger partial charge is 0.408 e. The van der Waals surface area contributed by atoms with Crippen LogP contribution in [0.2, 0.25) is 0 Å². The zero-order chi connectivity index (χ0) is 18.8. The molecule has 134 valence electrons. The molecule has 0 bridgehead atoms. The molecule has 0 saturated carbocycles. The average molecular weight is 348 g/mol. The van der Waals surface area contributed by atoms with Gasteiger partial charge in [-0.15, -0.1) is 0 Å². The van der Waals surface area contributed by atoms with Crippen LogP contribution in [0.4, 0.5) is 4.79 Å². The van der Waals surface area contributed by atoms with Crippen LogP contribution in [0.3, 0.4) is 0 Å². The number of primary amides is 1. The molecule has 2 amide bonds. The molecule has 0 unspecified atom stereocenters. The lowest BCUT2D eigenvalue weighted by Crippen LogP contribution is -2.44. The molecular weight excluding hydrogens is 328 g/mol. The first-order valence-electron chi connectivity index (χ1n) is 7.55. The Morgan fingerprint density at radius 1 is 1.32 bits per heavy atom. The molecule has 9 nitrogen and oxygen atoms in total. The SMILES string of the molecule is CC(C)(C)OC(=O)N[C@@H](Cc1ccc2nc(C(N)=O)cn2c1)C(=O)O. The predicted octanol–water partition coefficient (Wildman–Crippen LogP) is 0.954. The van der Waals surface area contributed by atoms with E-state index in [1.54, 1.807) is 43.5 Å². The molecule has 1 atom stereocenters. The molecule has 0 aliphatic carbocycles. The number of fused-ring (bicyclic) bond motifs is 1. The molecule has 2 heterocycles. The Labute approximate surface area is 143 Å². The number of carboxylic acid groups (broad SMARTS) is 1. The molecule has 2 aromatic rings. The Hall–Kier alpha value is -3.10. The van der Waals surface area contributed by atoms with E-state index in [9.17, 15) is 19.5 Å². The molecule has 9 heteroatoms. The molecular formula is C16H20N4O5. The van der Waals surface area contributed by atoms with Gasteiger partial charge in [0.05, 0.1) is 0 Å². The van der Waals surface area contributed by atoms with Gasteiger partial charge in [0.15, 0.2) is 0 Å². The summed E-state index contributed by atoms with van der Waals surface area (Å²) in [6.45, 7) is 5.06. The van der Waals surface area contributed by atoms with E-state index in [2.05, 4.69) is 10.3 Å². The van der Waals surface area contributed by atoms with Gasteiger partial charge in [0.25, 0.3) is 5.91 Å². The van der Waals surface area contributed by atoms with Gasteiger partial charge in [-0.1, -0.05) is 6.07 Å². The van der Waals surface area contributed by atoms with E-state index < -0.39 is 29.6 Å². The number of carboxylic acids is 1. The number of nitrogens with two attached hydrogens (primary N) is 1. The minimum Gasteiger partial charge on any atom is -0.480 e. The minimum atomic E-state index is -1.19. The van der Waals surface area contributed by atoms with Gasteiger partial charge in [0.1, 0.15) is 23.0 Å². The second-order valence-electron chi connectivity index (χ2n) is 6.53. The van der Waals surface area contributed by atoms with Crippen LogP contribution in [0.15, 0.2) is 24.5 Å². The number of aromatic nitrogens is 2. The van der Waals surface area contributed by atoms with Crippen LogP contribution in [-0.2, 0) is 16.0 Å². The number of carbonyl (C=O) groups is 3. The number of aliphatic carboxylic acids is 1. The maximum absolute atomic E-state index is 11.8. The number of alkyl carbamates (subject to hydrolysis) is 1. The van der Waals surface area contributed by atoms with Crippen molar-refractivity contribution in [2.45, 2.75) is 38.8 Å². The van der Waals surface area contributed by atoms with Gasteiger partial charge in [0, 0.05) is 18.8 Å². The molecule has 0 radical (unpaired) electrons. The van der Waals surface area contributed by atoms with Crippen molar-refractivity contribution in [3.63, 3.8) is 0 Å². The average Bonchev–Trinajstić information content (AvgIpc) is 2.87. The Kier molecular flexibility index (Phi) is 4.96. The van der Waals surface area contributed by atoms with E-state index in [0.29, 0.717) is 11.2 Å². The van der Waals surface area contributed by atoms with E-state index in [-0.39, 0.29) is 12.1 Å². The van der Waals surface area contributed by atoms with Gasteiger partial charge in [-0.3, -0.25) is 4.79 Å². The second-order valence-corrected chi connectivity index (χ2v) is 6.53. The molecule has 0 aliphatic heterocycles. The number of hydrogen-bond donors (Lipinski definition) is 3. The Bertz CT molecular complexity index is 822. The number of imidazole rings is 1. The van der Waals surface area contributed by atoms with Crippen LogP contribution in [0.5, 0.6) is 0 Å². The summed E-state index contributed by atoms with van der Waals surface area (Å²) < 4.78 is 6.65. The summed E-state index contributed by atoms with van der Waals surface area (Å²) in [6, 6.07) is 2.14. The topological polar surface area (TPSA) is 136 Å². The van der Waals surface area contributed by atoms with Crippen molar-refractivity contribution in [1.82, 2.24) is 14.7 Å². The van der Waals surface area contributed by atoms with E-state index in [4.69, 9.17) is 10.5 Å². The summed E-state index contributed by atoms with van der Waals surface area (Å²) in [5.74, 6) is -1.84. The largest absolute Gasteiger partial charge is 0.480 e. The number of nitrogens with zero attached hydrogens (tertiary/aromatic N) is 2. The van der Waals surface area contributed by atoms with Crippen molar-refractivity contribution in [3.8, 4) is 0 Å². The minimum absolute atomic E-state index is 0.0363. The van der Waals surface area contributed by atoms with Crippen molar-refractivity contribution in [3.05, 3.63) is 35.8 Å². The molecule has 0 fully saturated rings. The third-order valence-electron chi connectivity index (χ3n) is 3.19. The van der Waals surface area contributed by atoms with E-state index in [1.807, 2.05) is 0 Å². The van der Waals surface area contributed by atoms with Crippen LogP contribution in [0.25, 0.3) is 5.65 Å². The van der Waals surface area contributed by atoms with Gasteiger partial charge in [-0.05, 0) is 32.4 Å². The number of nitrogens with one attached hydrogen (secondary N) is 1. The van der Waals surface area contributed by atoms with Crippen LogP contribution in [0.1, 0.15) is 36.8 Å². The zero-order valence-electron chi connectivity index (χ0n) is 14.1. The van der Waals surface area contributed by atoms with E-state index in [0.717, 1.165) is 0 Å². The predicted molar refractivity (Wildman–Crippen MR) is 88.2 cm³/mol. The standard InChI is InChI=1S/C16H20N4O5/c1-16(2,3)25-15(24)19-10(14(22)23)6-9-4-5-12-18-11(13(17)21)8-20(12)7-9/h4-5,7-8,10H,6H2,1-3H3,(H2,17,21)(H,19,24)(H,22,23)/t10-/m0/s1. The van der Waals surface area contributed by atoms with Gasteiger partial charge >= 0.3 is 12.1 Å². The van der Waals surface area contributed by atoms with Crippen LogP contribution < -0.4 is 11.1 Å². The fourth-order valence-electron chi connectivity index (χ4n) is 2.16. The highest BCUT2D eigenvalue weighted by Crippen LogP contribution is 2.11. The molecule has 0 spiro atoms. The first-order valence-corrected chi connectivity index (χ1v) is 7.55.